The summed E-state index contributed by atoms with van der Waals surface area (Å²) in [6.07, 6.45) is -4.49. The predicted molar refractivity (Wildman–Crippen MR) is 104 cm³/mol. The lowest BCUT2D eigenvalue weighted by Crippen LogP contribution is -2.34. The molecule has 3 rings (SSSR count). The van der Waals surface area contributed by atoms with Crippen molar-refractivity contribution in [1.29, 1.82) is 0 Å². The molecule has 0 aromatic heterocycles. The number of alkyl halides is 3. The lowest BCUT2D eigenvalue weighted by Gasteiger charge is -2.13. The van der Waals surface area contributed by atoms with Crippen molar-refractivity contribution in [2.24, 2.45) is 0 Å². The smallest absolute Gasteiger partial charge is 0.331 e. The van der Waals surface area contributed by atoms with Crippen molar-refractivity contribution in [3.05, 3.63) is 76.8 Å². The summed E-state index contributed by atoms with van der Waals surface area (Å²) in [5.41, 5.74) is -0.285. The zero-order valence-corrected chi connectivity index (χ0v) is 15.2. The molecule has 0 heterocycles. The molecule has 0 bridgehead atoms. The molecule has 0 fully saturated rings. The molecular formula is C19H12ClF3N2OS. The Kier molecular flexibility index (Phi) is 5.34. The van der Waals surface area contributed by atoms with Crippen LogP contribution in [0.3, 0.4) is 0 Å². The van der Waals surface area contributed by atoms with Gasteiger partial charge in [-0.3, -0.25) is 10.1 Å². The number of thiocarbonyl (C=S) groups is 1. The summed E-state index contributed by atoms with van der Waals surface area (Å²) in [5.74, 6) is -0.438. The number of rotatable bonds is 2. The van der Waals surface area contributed by atoms with Crippen LogP contribution in [0.25, 0.3) is 10.8 Å². The van der Waals surface area contributed by atoms with Crippen LogP contribution in [0.4, 0.5) is 18.9 Å². The van der Waals surface area contributed by atoms with Crippen LogP contribution >= 0.6 is 23.8 Å². The number of benzene rings is 3. The number of amides is 1. The monoisotopic (exact) mass is 408 g/mol. The van der Waals surface area contributed by atoms with Crippen LogP contribution in [0.5, 0.6) is 0 Å². The third kappa shape index (κ3) is 4.37. The van der Waals surface area contributed by atoms with Gasteiger partial charge in [0.05, 0.1) is 16.3 Å². The fraction of sp³-hybridized carbons (Fsp3) is 0.0526. The van der Waals surface area contributed by atoms with E-state index < -0.39 is 17.6 Å². The molecule has 3 aromatic rings. The van der Waals surface area contributed by atoms with Gasteiger partial charge in [0.15, 0.2) is 5.11 Å². The van der Waals surface area contributed by atoms with Gasteiger partial charge in [-0.1, -0.05) is 48.0 Å². The van der Waals surface area contributed by atoms with Crippen LogP contribution in [0, 0.1) is 0 Å². The Hall–Kier alpha value is -2.64. The van der Waals surface area contributed by atoms with E-state index in [1.807, 2.05) is 30.3 Å². The number of hydrogen-bond acceptors (Lipinski definition) is 2. The Morgan fingerprint density at radius 1 is 1.00 bits per heavy atom. The SMILES string of the molecule is O=C(NC(=S)Nc1ccc(C(F)(F)F)cc1Cl)c1cccc2ccccc12. The Morgan fingerprint density at radius 2 is 1.70 bits per heavy atom. The van der Waals surface area contributed by atoms with Crippen LogP contribution in [-0.4, -0.2) is 11.0 Å². The van der Waals surface area contributed by atoms with Gasteiger partial charge in [-0.05, 0) is 47.3 Å². The predicted octanol–water partition coefficient (Wildman–Crippen LogP) is 5.64. The minimum Gasteiger partial charge on any atom is -0.331 e. The standard InChI is InChI=1S/C19H12ClF3N2OS/c20-15-10-12(19(21,22)23)8-9-16(15)24-18(27)25-17(26)14-7-3-5-11-4-1-2-6-13(11)14/h1-10H,(H2,24,25,26,27). The molecule has 0 saturated carbocycles. The summed E-state index contributed by atoms with van der Waals surface area (Å²) >= 11 is 11.0. The third-order valence-corrected chi connectivity index (χ3v) is 4.32. The molecule has 0 aliphatic heterocycles. The Bertz CT molecular complexity index is 1030. The Balaban J connectivity index is 1.75. The molecule has 3 nitrogen and oxygen atoms in total. The fourth-order valence-corrected chi connectivity index (χ4v) is 2.97. The molecule has 0 unspecified atom stereocenters. The number of fused-ring (bicyclic) bond motifs is 1. The van der Waals surface area contributed by atoms with Gasteiger partial charge in [0.1, 0.15) is 0 Å². The highest BCUT2D eigenvalue weighted by molar-refractivity contribution is 7.80. The van der Waals surface area contributed by atoms with Crippen LogP contribution in [0.2, 0.25) is 5.02 Å². The van der Waals surface area contributed by atoms with E-state index in [4.69, 9.17) is 23.8 Å². The van der Waals surface area contributed by atoms with Gasteiger partial charge < -0.3 is 5.32 Å². The zero-order chi connectivity index (χ0) is 19.6. The van der Waals surface area contributed by atoms with Crippen molar-refractivity contribution >= 4 is 51.3 Å². The first-order valence-corrected chi connectivity index (χ1v) is 8.51. The van der Waals surface area contributed by atoms with Crippen LogP contribution < -0.4 is 10.6 Å². The Morgan fingerprint density at radius 3 is 2.41 bits per heavy atom. The molecule has 0 radical (unpaired) electrons. The lowest BCUT2D eigenvalue weighted by atomic mass is 10.0. The van der Waals surface area contributed by atoms with Gasteiger partial charge in [-0.15, -0.1) is 0 Å². The van der Waals surface area contributed by atoms with Crippen molar-refractivity contribution in [1.82, 2.24) is 5.32 Å². The molecule has 27 heavy (non-hydrogen) atoms. The van der Waals surface area contributed by atoms with E-state index in [2.05, 4.69) is 10.6 Å². The Labute approximate surface area is 163 Å². The molecule has 3 aromatic carbocycles. The molecular weight excluding hydrogens is 397 g/mol. The maximum Gasteiger partial charge on any atom is 0.416 e. The molecule has 1 amide bonds. The number of hydrogen-bond donors (Lipinski definition) is 2. The van der Waals surface area contributed by atoms with E-state index in [9.17, 15) is 18.0 Å². The first-order chi connectivity index (χ1) is 12.8. The normalized spacial score (nSPS) is 11.3. The second-order valence-electron chi connectivity index (χ2n) is 5.63. The van der Waals surface area contributed by atoms with E-state index >= 15 is 0 Å². The van der Waals surface area contributed by atoms with Gasteiger partial charge in [0.2, 0.25) is 0 Å². The largest absolute Gasteiger partial charge is 0.416 e. The molecule has 2 N–H and O–H groups in total. The minimum atomic E-state index is -4.49. The second kappa shape index (κ2) is 7.54. The molecule has 8 heteroatoms. The summed E-state index contributed by atoms with van der Waals surface area (Å²) in [5, 5.41) is 6.57. The fourth-order valence-electron chi connectivity index (χ4n) is 2.54. The first-order valence-electron chi connectivity index (χ1n) is 7.72. The summed E-state index contributed by atoms with van der Waals surface area (Å²) < 4.78 is 38.1. The molecule has 0 aliphatic carbocycles. The highest BCUT2D eigenvalue weighted by Gasteiger charge is 2.30. The van der Waals surface area contributed by atoms with E-state index in [1.54, 1.807) is 12.1 Å². The zero-order valence-electron chi connectivity index (χ0n) is 13.6. The van der Waals surface area contributed by atoms with Crippen molar-refractivity contribution < 1.29 is 18.0 Å². The van der Waals surface area contributed by atoms with E-state index in [0.29, 0.717) is 5.56 Å². The average molecular weight is 409 g/mol. The topological polar surface area (TPSA) is 41.1 Å². The van der Waals surface area contributed by atoms with Crippen LogP contribution in [-0.2, 0) is 6.18 Å². The average Bonchev–Trinajstić information content (AvgIpc) is 2.62. The number of carbonyl (C=O) groups excluding carboxylic acids is 1. The highest BCUT2D eigenvalue weighted by Crippen LogP contribution is 2.33. The maximum atomic E-state index is 12.7. The molecule has 0 atom stereocenters. The van der Waals surface area contributed by atoms with Gasteiger partial charge in [-0.25, -0.2) is 0 Å². The molecule has 0 aliphatic rings. The van der Waals surface area contributed by atoms with E-state index in [-0.39, 0.29) is 15.8 Å². The van der Waals surface area contributed by atoms with Gasteiger partial charge in [0, 0.05) is 5.56 Å². The number of nitrogens with one attached hydrogen (secondary N) is 2. The number of carbonyl (C=O) groups is 1. The van der Waals surface area contributed by atoms with Gasteiger partial charge in [-0.2, -0.15) is 13.2 Å². The van der Waals surface area contributed by atoms with Crippen LogP contribution in [0.15, 0.2) is 60.7 Å². The second-order valence-corrected chi connectivity index (χ2v) is 6.44. The molecule has 0 spiro atoms. The molecule has 0 saturated heterocycles. The minimum absolute atomic E-state index is 0.0745. The van der Waals surface area contributed by atoms with Crippen molar-refractivity contribution in [2.75, 3.05) is 5.32 Å². The molecule has 138 valence electrons. The first kappa shape index (κ1) is 19.1. The maximum absolute atomic E-state index is 12.7. The number of halogens is 4. The lowest BCUT2D eigenvalue weighted by molar-refractivity contribution is -0.137. The van der Waals surface area contributed by atoms with Crippen molar-refractivity contribution in [3.63, 3.8) is 0 Å². The van der Waals surface area contributed by atoms with Crippen molar-refractivity contribution in [2.45, 2.75) is 6.18 Å². The summed E-state index contributed by atoms with van der Waals surface area (Å²) in [4.78, 5) is 12.5. The van der Waals surface area contributed by atoms with Gasteiger partial charge in [0.25, 0.3) is 5.91 Å². The van der Waals surface area contributed by atoms with Crippen LogP contribution in [0.1, 0.15) is 15.9 Å². The summed E-state index contributed by atoms with van der Waals surface area (Å²) in [6, 6.07) is 15.5. The third-order valence-electron chi connectivity index (χ3n) is 3.81. The van der Waals surface area contributed by atoms with Gasteiger partial charge >= 0.3 is 6.18 Å². The van der Waals surface area contributed by atoms with E-state index in [0.717, 1.165) is 29.0 Å². The van der Waals surface area contributed by atoms with Crippen molar-refractivity contribution in [3.8, 4) is 0 Å². The summed E-state index contributed by atoms with van der Waals surface area (Å²) in [6.45, 7) is 0. The summed E-state index contributed by atoms with van der Waals surface area (Å²) in [7, 11) is 0. The highest BCUT2D eigenvalue weighted by atomic mass is 35.5. The number of anilines is 1. The van der Waals surface area contributed by atoms with E-state index in [1.165, 1.54) is 0 Å². The quantitative estimate of drug-likeness (QED) is 0.539.